The predicted octanol–water partition coefficient (Wildman–Crippen LogP) is 4.99. The largest absolute Gasteiger partial charge is 0.497 e. The molecule has 5 rings (SSSR count). The fraction of sp³-hybridized carbons (Fsp3) is 0.0870. The zero-order valence-electron chi connectivity index (χ0n) is 16.5. The van der Waals surface area contributed by atoms with Crippen LogP contribution in [0.5, 0.6) is 5.75 Å². The molecular formula is C23H17ClN4O2S. The number of halogens is 1. The van der Waals surface area contributed by atoms with E-state index in [1.54, 1.807) is 25.4 Å². The molecule has 31 heavy (non-hydrogen) atoms. The molecule has 154 valence electrons. The van der Waals surface area contributed by atoms with Gasteiger partial charge < -0.3 is 4.74 Å². The quantitative estimate of drug-likeness (QED) is 0.354. The Kier molecular flexibility index (Phi) is 5.13. The molecule has 0 unspecified atom stereocenters. The van der Waals surface area contributed by atoms with E-state index in [4.69, 9.17) is 21.3 Å². The molecule has 0 radical (unpaired) electrons. The first-order valence-electron chi connectivity index (χ1n) is 9.55. The second-order valence-corrected chi connectivity index (χ2v) is 8.25. The average Bonchev–Trinajstić information content (AvgIpc) is 3.16. The highest BCUT2D eigenvalue weighted by molar-refractivity contribution is 7.98. The minimum atomic E-state index is -0.160. The van der Waals surface area contributed by atoms with Crippen molar-refractivity contribution in [3.63, 3.8) is 0 Å². The van der Waals surface area contributed by atoms with Crippen LogP contribution in [0.2, 0.25) is 5.02 Å². The van der Waals surface area contributed by atoms with Crippen molar-refractivity contribution in [1.82, 2.24) is 18.9 Å². The number of pyridine rings is 1. The third-order valence-corrected chi connectivity index (χ3v) is 6.08. The Morgan fingerprint density at radius 2 is 1.84 bits per heavy atom. The monoisotopic (exact) mass is 448 g/mol. The summed E-state index contributed by atoms with van der Waals surface area (Å²) in [7, 11) is 1.65. The molecule has 0 aliphatic carbocycles. The van der Waals surface area contributed by atoms with E-state index in [-0.39, 0.29) is 5.56 Å². The average molecular weight is 449 g/mol. The summed E-state index contributed by atoms with van der Waals surface area (Å²) in [6, 6.07) is 20.9. The van der Waals surface area contributed by atoms with E-state index in [9.17, 15) is 4.79 Å². The standard InChI is InChI=1S/C23H17ClN4O2S/c1-30-18-9-7-17(8-10-18)28-20-5-3-2-4-19(20)26-23(28)31-14-16-12-22(29)27-13-15(24)6-11-21(27)25-16/h2-13H,14H2,1H3. The van der Waals surface area contributed by atoms with E-state index in [2.05, 4.69) is 9.55 Å². The lowest BCUT2D eigenvalue weighted by molar-refractivity contribution is 0.414. The van der Waals surface area contributed by atoms with Crippen molar-refractivity contribution >= 4 is 40.0 Å². The molecule has 0 atom stereocenters. The molecule has 0 fully saturated rings. The number of hydrogen-bond donors (Lipinski definition) is 0. The first kappa shape index (κ1) is 19.7. The number of nitrogens with zero attached hydrogens (tertiary/aromatic N) is 4. The van der Waals surface area contributed by atoms with Crippen molar-refractivity contribution in [2.75, 3.05) is 7.11 Å². The first-order valence-corrected chi connectivity index (χ1v) is 10.9. The third kappa shape index (κ3) is 3.78. The van der Waals surface area contributed by atoms with Crippen LogP contribution >= 0.6 is 23.4 Å². The fourth-order valence-electron chi connectivity index (χ4n) is 3.42. The molecule has 0 saturated heterocycles. The number of methoxy groups -OCH3 is 1. The van der Waals surface area contributed by atoms with E-state index in [0.29, 0.717) is 22.1 Å². The molecule has 0 spiro atoms. The Morgan fingerprint density at radius 3 is 2.65 bits per heavy atom. The number of hydrogen-bond acceptors (Lipinski definition) is 5. The van der Waals surface area contributed by atoms with Crippen molar-refractivity contribution in [3.8, 4) is 11.4 Å². The number of fused-ring (bicyclic) bond motifs is 2. The molecule has 6 nitrogen and oxygen atoms in total. The van der Waals surface area contributed by atoms with Gasteiger partial charge in [0.15, 0.2) is 5.16 Å². The van der Waals surface area contributed by atoms with Gasteiger partial charge in [-0.2, -0.15) is 0 Å². The number of aromatic nitrogens is 4. The third-order valence-electron chi connectivity index (χ3n) is 4.89. The highest BCUT2D eigenvalue weighted by Crippen LogP contribution is 2.30. The second kappa shape index (κ2) is 8.09. The number of ether oxygens (including phenoxy) is 1. The Labute approximate surface area is 187 Å². The molecule has 0 aliphatic rings. The second-order valence-electron chi connectivity index (χ2n) is 6.87. The molecular weight excluding hydrogens is 432 g/mol. The zero-order chi connectivity index (χ0) is 21.4. The summed E-state index contributed by atoms with van der Waals surface area (Å²) in [6.07, 6.45) is 1.58. The summed E-state index contributed by atoms with van der Waals surface area (Å²) in [5, 5.41) is 1.32. The van der Waals surface area contributed by atoms with Gasteiger partial charge in [-0.15, -0.1) is 0 Å². The Morgan fingerprint density at radius 1 is 1.03 bits per heavy atom. The Bertz CT molecular complexity index is 1460. The molecule has 0 saturated carbocycles. The van der Waals surface area contributed by atoms with Crippen LogP contribution in [0.4, 0.5) is 0 Å². The number of rotatable bonds is 5. The maximum atomic E-state index is 12.5. The molecule has 8 heteroatoms. The van der Waals surface area contributed by atoms with Crippen LogP contribution in [0.1, 0.15) is 5.69 Å². The molecule has 0 amide bonds. The molecule has 3 aromatic heterocycles. The molecule has 3 heterocycles. The van der Waals surface area contributed by atoms with E-state index in [0.717, 1.165) is 27.6 Å². The highest BCUT2D eigenvalue weighted by Gasteiger charge is 2.14. The van der Waals surface area contributed by atoms with Crippen LogP contribution in [0.15, 0.2) is 82.9 Å². The SMILES string of the molecule is COc1ccc(-n2c(SCc3cc(=O)n4cc(Cl)ccc4n3)nc3ccccc32)cc1. The van der Waals surface area contributed by atoms with Gasteiger partial charge in [-0.05, 0) is 48.5 Å². The van der Waals surface area contributed by atoms with Crippen molar-refractivity contribution in [2.24, 2.45) is 0 Å². The van der Waals surface area contributed by atoms with Crippen LogP contribution in [-0.4, -0.2) is 26.0 Å². The van der Waals surface area contributed by atoms with E-state index < -0.39 is 0 Å². The maximum Gasteiger partial charge on any atom is 0.258 e. The normalized spacial score (nSPS) is 11.3. The predicted molar refractivity (Wildman–Crippen MR) is 124 cm³/mol. The van der Waals surface area contributed by atoms with Crippen LogP contribution in [0.3, 0.4) is 0 Å². The van der Waals surface area contributed by atoms with Crippen LogP contribution in [-0.2, 0) is 5.75 Å². The van der Waals surface area contributed by atoms with Crippen LogP contribution in [0.25, 0.3) is 22.4 Å². The number of thioether (sulfide) groups is 1. The van der Waals surface area contributed by atoms with Gasteiger partial charge >= 0.3 is 0 Å². The summed E-state index contributed by atoms with van der Waals surface area (Å²) in [4.78, 5) is 21.9. The van der Waals surface area contributed by atoms with Crippen molar-refractivity contribution in [1.29, 1.82) is 0 Å². The Balaban J connectivity index is 1.53. The Hall–Kier alpha value is -3.29. The van der Waals surface area contributed by atoms with E-state index in [1.807, 2.05) is 48.5 Å². The van der Waals surface area contributed by atoms with Crippen molar-refractivity contribution in [3.05, 3.63) is 94.0 Å². The maximum absolute atomic E-state index is 12.5. The summed E-state index contributed by atoms with van der Waals surface area (Å²) >= 11 is 7.53. The highest BCUT2D eigenvalue weighted by atomic mass is 35.5. The zero-order valence-corrected chi connectivity index (χ0v) is 18.1. The fourth-order valence-corrected chi connectivity index (χ4v) is 4.50. The molecule has 2 aromatic carbocycles. The number of para-hydroxylation sites is 2. The lowest BCUT2D eigenvalue weighted by Gasteiger charge is -2.10. The molecule has 0 aliphatic heterocycles. The van der Waals surface area contributed by atoms with E-state index >= 15 is 0 Å². The molecule has 5 aromatic rings. The van der Waals surface area contributed by atoms with Crippen LogP contribution < -0.4 is 10.3 Å². The van der Waals surface area contributed by atoms with Gasteiger partial charge in [-0.25, -0.2) is 9.97 Å². The lowest BCUT2D eigenvalue weighted by Crippen LogP contribution is -2.15. The van der Waals surface area contributed by atoms with Gasteiger partial charge in [0.1, 0.15) is 11.4 Å². The minimum Gasteiger partial charge on any atom is -0.497 e. The summed E-state index contributed by atoms with van der Waals surface area (Å²) in [5.74, 6) is 1.30. The summed E-state index contributed by atoms with van der Waals surface area (Å²) in [6.45, 7) is 0. The van der Waals surface area contributed by atoms with Gasteiger partial charge in [0.2, 0.25) is 0 Å². The summed E-state index contributed by atoms with van der Waals surface area (Å²) < 4.78 is 8.84. The van der Waals surface area contributed by atoms with E-state index in [1.165, 1.54) is 22.2 Å². The van der Waals surface area contributed by atoms with Crippen molar-refractivity contribution in [2.45, 2.75) is 10.9 Å². The minimum absolute atomic E-state index is 0.160. The van der Waals surface area contributed by atoms with Gasteiger partial charge in [0.05, 0.1) is 28.9 Å². The molecule has 0 N–H and O–H groups in total. The number of benzene rings is 2. The molecule has 0 bridgehead atoms. The first-order chi connectivity index (χ1) is 15.1. The van der Waals surface area contributed by atoms with Gasteiger partial charge in [0.25, 0.3) is 5.56 Å². The topological polar surface area (TPSA) is 61.4 Å². The lowest BCUT2D eigenvalue weighted by atomic mass is 10.2. The van der Waals surface area contributed by atoms with Gasteiger partial charge in [-0.3, -0.25) is 13.8 Å². The van der Waals surface area contributed by atoms with Gasteiger partial charge in [0, 0.05) is 23.7 Å². The smallest absolute Gasteiger partial charge is 0.258 e. The van der Waals surface area contributed by atoms with Gasteiger partial charge in [-0.1, -0.05) is 35.5 Å². The van der Waals surface area contributed by atoms with Crippen molar-refractivity contribution < 1.29 is 4.74 Å². The van der Waals surface area contributed by atoms with Crippen LogP contribution in [0, 0.1) is 0 Å². The number of imidazole rings is 1. The summed E-state index contributed by atoms with van der Waals surface area (Å²) in [5.41, 5.74) is 3.99.